The van der Waals surface area contributed by atoms with Gasteiger partial charge in [0.15, 0.2) is 0 Å². The molecular weight excluding hydrogens is 1120 g/mol. The zero-order valence-electron chi connectivity index (χ0n) is 51.0. The van der Waals surface area contributed by atoms with Crippen LogP contribution >= 0.6 is 0 Å². The van der Waals surface area contributed by atoms with Crippen molar-refractivity contribution < 1.29 is 38.2 Å². The molecule has 8 aliphatic rings. The lowest BCUT2D eigenvalue weighted by Crippen LogP contribution is -2.50. The van der Waals surface area contributed by atoms with Crippen molar-refractivity contribution in [2.45, 2.75) is 101 Å². The molecule has 14 rings (SSSR count). The Balaban J connectivity index is 0.000000129. The molecule has 2 N–H and O–H groups in total. The fourth-order valence-corrected chi connectivity index (χ4v) is 13.8. The van der Waals surface area contributed by atoms with Gasteiger partial charge in [-0.25, -0.2) is 9.59 Å². The first-order chi connectivity index (χ1) is 43.5. The molecule has 2 saturated heterocycles. The van der Waals surface area contributed by atoms with Crippen molar-refractivity contribution in [3.8, 4) is 0 Å². The van der Waals surface area contributed by atoms with E-state index >= 15 is 0 Å². The number of carbonyl (C=O) groups excluding carboxylic acids is 6. The van der Waals surface area contributed by atoms with Gasteiger partial charge in [0.1, 0.15) is 5.78 Å². The van der Waals surface area contributed by atoms with E-state index in [-0.39, 0.29) is 46.8 Å². The molecule has 16 nitrogen and oxygen atoms in total. The van der Waals surface area contributed by atoms with Gasteiger partial charge < -0.3 is 49.5 Å². The van der Waals surface area contributed by atoms with Gasteiger partial charge in [-0.3, -0.25) is 19.2 Å². The van der Waals surface area contributed by atoms with E-state index in [4.69, 9.17) is 9.47 Å². The van der Waals surface area contributed by atoms with Crippen molar-refractivity contribution in [3.63, 3.8) is 0 Å². The van der Waals surface area contributed by atoms with Crippen LogP contribution in [0.5, 0.6) is 0 Å². The maximum Gasteiger partial charge on any atom is 0.409 e. The zero-order chi connectivity index (χ0) is 61.8. The molecular formula is C73H80N8O8. The highest BCUT2D eigenvalue weighted by Gasteiger charge is 2.51. The second-order valence-corrected chi connectivity index (χ2v) is 23.6. The van der Waals surface area contributed by atoms with Crippen molar-refractivity contribution in [1.82, 2.24) is 40.0 Å². The monoisotopic (exact) mass is 1200 g/mol. The number of rotatable bonds is 9. The number of likely N-dealkylation sites (tertiary alicyclic amines) is 2. The molecule has 0 bridgehead atoms. The van der Waals surface area contributed by atoms with Crippen LogP contribution in [0.25, 0.3) is 0 Å². The van der Waals surface area contributed by atoms with E-state index in [1.165, 1.54) is 0 Å². The van der Waals surface area contributed by atoms with Crippen LogP contribution in [0.2, 0.25) is 0 Å². The van der Waals surface area contributed by atoms with Crippen LogP contribution in [0.1, 0.15) is 123 Å². The van der Waals surface area contributed by atoms with Crippen molar-refractivity contribution in [1.29, 1.82) is 0 Å². The van der Waals surface area contributed by atoms with E-state index in [1.807, 2.05) is 148 Å². The lowest BCUT2D eigenvalue weighted by atomic mass is 9.83. The van der Waals surface area contributed by atoms with Gasteiger partial charge in [-0.05, 0) is 134 Å². The number of carbonyl (C=O) groups is 6. The maximum absolute atomic E-state index is 13.4. The Labute approximate surface area is 522 Å². The smallest absolute Gasteiger partial charge is 0.409 e. The Morgan fingerprint density at radius 3 is 1.16 bits per heavy atom. The highest BCUT2D eigenvalue weighted by molar-refractivity contribution is 6.02. The highest BCUT2D eigenvalue weighted by Crippen LogP contribution is 2.48. The first-order valence-corrected chi connectivity index (χ1v) is 31.5. The van der Waals surface area contributed by atoms with Crippen LogP contribution in [0.4, 0.5) is 9.59 Å². The van der Waals surface area contributed by atoms with E-state index in [2.05, 4.69) is 94.6 Å². The van der Waals surface area contributed by atoms with E-state index in [0.717, 1.165) is 115 Å². The second-order valence-electron chi connectivity index (χ2n) is 23.6. The fraction of sp³-hybridized carbons (Fsp3) is 0.342. The summed E-state index contributed by atoms with van der Waals surface area (Å²) >= 11 is 0. The van der Waals surface area contributed by atoms with E-state index < -0.39 is 5.54 Å². The molecule has 89 heavy (non-hydrogen) atoms. The predicted octanol–water partition coefficient (Wildman–Crippen LogP) is 11.3. The Hall–Kier alpha value is -9.44. The molecule has 0 aromatic heterocycles. The Kier molecular flexibility index (Phi) is 19.1. The molecule has 8 heterocycles. The third-order valence-electron chi connectivity index (χ3n) is 18.5. The van der Waals surface area contributed by atoms with Crippen LogP contribution in [-0.2, 0) is 50.5 Å². The molecule has 0 saturated carbocycles. The largest absolute Gasteiger partial charge is 0.450 e. The standard InChI is InChI=1S/C27H31N3O3.2C19H18N2O.C8H13NO3/c1-2-33-26(32)29-16-12-22(13-17-29)28-18-14-27(15-19-28)24-11-7-6-10-23(24)25(31)30(27)20-21-8-4-3-5-9-21;2*22-18-16-8-4-5-9-17(16)19(10-12-20-13-11-19)21(18)14-15-6-2-1-3-7-15;1-2-12-8(11)9-5-3-7(10)4-6-9/h3-11,14,18,22H,2,12-13,15-17,19-20H2,1H3;2*1-10,12,20H,11,13-14H2;2-6H2,1H3. The van der Waals surface area contributed by atoms with Gasteiger partial charge in [-0.15, -0.1) is 0 Å². The SMILES string of the molecule is CCOC(=O)N1CCC(=O)CC1.CCOC(=O)N1CCC(N2C=CC3(CC2)c2ccccc2C(=O)N3Cc2ccccc2)CC1.O=C1c2ccccc2C2(C=CNCC2)N1Cc1ccccc1.O=C1c2ccccc2C2(C=CNCC2)N1Cc1ccccc1. The summed E-state index contributed by atoms with van der Waals surface area (Å²) in [6.07, 6.45) is 17.6. The Bertz CT molecular complexity index is 3450. The number of ether oxygens (including phenoxy) is 2. The molecule has 2 fully saturated rings. The molecule has 3 atom stereocenters. The summed E-state index contributed by atoms with van der Waals surface area (Å²) in [6.45, 7) is 11.4. The van der Waals surface area contributed by atoms with Gasteiger partial charge >= 0.3 is 12.2 Å². The number of piperidine rings is 2. The van der Waals surface area contributed by atoms with Crippen molar-refractivity contribution in [2.75, 3.05) is 59.0 Å². The number of amides is 5. The minimum Gasteiger partial charge on any atom is -0.450 e. The van der Waals surface area contributed by atoms with Gasteiger partial charge in [-0.1, -0.05) is 146 Å². The summed E-state index contributed by atoms with van der Waals surface area (Å²) in [6, 6.07) is 55.1. The molecule has 6 aromatic carbocycles. The minimum atomic E-state index is -0.411. The molecule has 460 valence electrons. The summed E-state index contributed by atoms with van der Waals surface area (Å²) < 4.78 is 9.94. The average molecular weight is 1200 g/mol. The summed E-state index contributed by atoms with van der Waals surface area (Å²) in [4.78, 5) is 85.1. The summed E-state index contributed by atoms with van der Waals surface area (Å²) in [5.74, 6) is 0.600. The van der Waals surface area contributed by atoms with Crippen LogP contribution in [0.3, 0.4) is 0 Å². The van der Waals surface area contributed by atoms with Gasteiger partial charge in [0.05, 0.1) is 29.8 Å². The predicted molar refractivity (Wildman–Crippen MR) is 342 cm³/mol. The van der Waals surface area contributed by atoms with E-state index in [1.54, 1.807) is 11.8 Å². The molecule has 5 amide bonds. The van der Waals surface area contributed by atoms with Gasteiger partial charge in [0.25, 0.3) is 17.7 Å². The van der Waals surface area contributed by atoms with Gasteiger partial charge in [0.2, 0.25) is 0 Å². The number of nitrogens with zero attached hydrogens (tertiary/aromatic N) is 6. The van der Waals surface area contributed by atoms with E-state index in [0.29, 0.717) is 64.8 Å². The number of hydrogen-bond donors (Lipinski definition) is 2. The summed E-state index contributed by atoms with van der Waals surface area (Å²) in [5, 5.41) is 6.49. The highest BCUT2D eigenvalue weighted by atomic mass is 16.6. The summed E-state index contributed by atoms with van der Waals surface area (Å²) in [7, 11) is 0. The average Bonchev–Trinajstić information content (AvgIpc) is 1.63. The number of nitrogens with one attached hydrogen (secondary N) is 2. The van der Waals surface area contributed by atoms with Crippen LogP contribution in [-0.4, -0.2) is 130 Å². The van der Waals surface area contributed by atoms with Crippen LogP contribution in [0.15, 0.2) is 201 Å². The first kappa shape index (κ1) is 61.2. The van der Waals surface area contributed by atoms with Crippen molar-refractivity contribution >= 4 is 35.7 Å². The van der Waals surface area contributed by atoms with Crippen molar-refractivity contribution in [3.05, 3.63) is 251 Å². The molecule has 0 radical (unpaired) electrons. The van der Waals surface area contributed by atoms with Crippen LogP contribution < -0.4 is 10.6 Å². The van der Waals surface area contributed by atoms with E-state index in [9.17, 15) is 28.8 Å². The minimum absolute atomic E-state index is 0.107. The Morgan fingerprint density at radius 1 is 0.449 bits per heavy atom. The lowest BCUT2D eigenvalue weighted by molar-refractivity contribution is -0.121. The quantitative estimate of drug-likeness (QED) is 0.142. The number of Topliss-reactive ketones (excluding diaryl/α,β-unsaturated/α-hetero) is 1. The fourth-order valence-electron chi connectivity index (χ4n) is 13.8. The number of ketones is 1. The van der Waals surface area contributed by atoms with Crippen LogP contribution in [0, 0.1) is 0 Å². The number of benzene rings is 6. The second kappa shape index (κ2) is 27.7. The van der Waals surface area contributed by atoms with Gasteiger partial charge in [-0.2, -0.15) is 0 Å². The third kappa shape index (κ3) is 12.8. The first-order valence-electron chi connectivity index (χ1n) is 31.5. The Morgan fingerprint density at radius 2 is 0.809 bits per heavy atom. The normalized spacial score (nSPS) is 22.0. The topological polar surface area (TPSA) is 164 Å². The molecule has 8 aliphatic heterocycles. The molecule has 3 unspecified atom stereocenters. The maximum atomic E-state index is 13.4. The zero-order valence-corrected chi connectivity index (χ0v) is 51.0. The molecule has 16 heteroatoms. The lowest BCUT2D eigenvalue weighted by Gasteiger charge is -2.45. The number of hydrogen-bond acceptors (Lipinski definition) is 11. The molecule has 6 aromatic rings. The molecule has 0 aliphatic carbocycles. The summed E-state index contributed by atoms with van der Waals surface area (Å²) in [5.41, 5.74) is 8.30. The van der Waals surface area contributed by atoms with Crippen molar-refractivity contribution in [2.24, 2.45) is 0 Å². The molecule has 3 spiro atoms. The number of fused-ring (bicyclic) bond motifs is 6. The van der Waals surface area contributed by atoms with Gasteiger partial charge in [0, 0.05) is 101 Å². The third-order valence-corrected chi connectivity index (χ3v) is 18.5.